The third-order valence-electron chi connectivity index (χ3n) is 10.9. The summed E-state index contributed by atoms with van der Waals surface area (Å²) in [5.41, 5.74) is 16.8. The molecule has 10 aromatic rings. The van der Waals surface area contributed by atoms with Gasteiger partial charge < -0.3 is 9.32 Å². The third-order valence-corrected chi connectivity index (χ3v) is 10.9. The van der Waals surface area contributed by atoms with Crippen LogP contribution in [0.3, 0.4) is 0 Å². The van der Waals surface area contributed by atoms with Crippen molar-refractivity contribution in [3.8, 4) is 78.5 Å². The fraction of sp³-hybridized carbons (Fsp3) is 0. The summed E-state index contributed by atoms with van der Waals surface area (Å²) in [6.07, 6.45) is 0. The van der Waals surface area contributed by atoms with Crippen molar-refractivity contribution in [2.45, 2.75) is 0 Å². The number of anilines is 3. The van der Waals surface area contributed by atoms with Gasteiger partial charge in [0.1, 0.15) is 0 Å². The highest BCUT2D eigenvalue weighted by molar-refractivity contribution is 5.92. The molecule has 60 heavy (non-hydrogen) atoms. The van der Waals surface area contributed by atoms with Crippen molar-refractivity contribution in [1.29, 1.82) is 0 Å². The predicted octanol–water partition coefficient (Wildman–Crippen LogP) is 15.2. The quantitative estimate of drug-likeness (QED) is 0.139. The summed E-state index contributed by atoms with van der Waals surface area (Å²) in [5.74, 6) is 1.00. The lowest BCUT2D eigenvalue weighted by Crippen LogP contribution is -2.09. The van der Waals surface area contributed by atoms with E-state index in [1.807, 2.05) is 30.3 Å². The van der Waals surface area contributed by atoms with Gasteiger partial charge in [-0.3, -0.25) is 0 Å². The molecule has 0 radical (unpaired) electrons. The summed E-state index contributed by atoms with van der Waals surface area (Å²) in [4.78, 5) is 2.32. The minimum absolute atomic E-state index is 0.495. The Hall–Kier alpha value is -8.08. The standard InChI is InChI=1S/C56H39N3O/c1-4-16-40(17-5-1)49-22-10-11-23-50(49)42-32-36-47(37-33-42)59(46-20-8-3-9-21-46)48-38-34-43(35-39-48)52-25-13-15-27-54(52)53-26-14-12-24-51(53)41-28-30-45(31-29-41)56-58-57-55(60-56)44-18-6-2-7-19-44/h1-39H. The van der Waals surface area contributed by atoms with Gasteiger partial charge in [-0.05, 0) is 116 Å². The molecule has 0 bridgehead atoms. The predicted molar refractivity (Wildman–Crippen MR) is 247 cm³/mol. The van der Waals surface area contributed by atoms with Crippen LogP contribution in [-0.2, 0) is 0 Å². The van der Waals surface area contributed by atoms with Crippen LogP contribution in [0.25, 0.3) is 78.5 Å². The van der Waals surface area contributed by atoms with E-state index in [0.717, 1.165) is 50.4 Å². The molecule has 0 aliphatic rings. The van der Waals surface area contributed by atoms with Gasteiger partial charge >= 0.3 is 0 Å². The van der Waals surface area contributed by atoms with Gasteiger partial charge in [-0.1, -0.05) is 176 Å². The van der Waals surface area contributed by atoms with Crippen LogP contribution in [0.5, 0.6) is 0 Å². The number of aromatic nitrogens is 2. The summed E-state index contributed by atoms with van der Waals surface area (Å²) in [6.45, 7) is 0. The number of para-hydroxylation sites is 1. The van der Waals surface area contributed by atoms with Gasteiger partial charge in [-0.2, -0.15) is 0 Å². The molecular formula is C56H39N3O. The Morgan fingerprint density at radius 2 is 0.500 bits per heavy atom. The van der Waals surface area contributed by atoms with E-state index in [1.54, 1.807) is 0 Å². The number of nitrogens with zero attached hydrogens (tertiary/aromatic N) is 3. The maximum atomic E-state index is 6.05. The van der Waals surface area contributed by atoms with Crippen LogP contribution in [0.4, 0.5) is 17.1 Å². The highest BCUT2D eigenvalue weighted by Crippen LogP contribution is 2.41. The lowest BCUT2D eigenvalue weighted by Gasteiger charge is -2.26. The largest absolute Gasteiger partial charge is 0.416 e. The zero-order chi connectivity index (χ0) is 40.1. The molecule has 0 spiro atoms. The second kappa shape index (κ2) is 16.4. The number of rotatable bonds is 10. The highest BCUT2D eigenvalue weighted by atomic mass is 16.4. The molecule has 284 valence electrons. The van der Waals surface area contributed by atoms with E-state index < -0.39 is 0 Å². The molecule has 0 saturated heterocycles. The van der Waals surface area contributed by atoms with Crippen molar-refractivity contribution in [3.05, 3.63) is 237 Å². The Balaban J connectivity index is 0.952. The van der Waals surface area contributed by atoms with Crippen LogP contribution in [0.2, 0.25) is 0 Å². The van der Waals surface area contributed by atoms with E-state index in [0.29, 0.717) is 11.8 Å². The van der Waals surface area contributed by atoms with Crippen molar-refractivity contribution < 1.29 is 4.42 Å². The zero-order valence-electron chi connectivity index (χ0n) is 32.8. The average molecular weight is 770 g/mol. The first-order chi connectivity index (χ1) is 29.8. The summed E-state index contributed by atoms with van der Waals surface area (Å²) < 4.78 is 6.05. The third kappa shape index (κ3) is 7.30. The van der Waals surface area contributed by atoms with Gasteiger partial charge in [-0.15, -0.1) is 10.2 Å². The van der Waals surface area contributed by atoms with Crippen LogP contribution >= 0.6 is 0 Å². The fourth-order valence-electron chi connectivity index (χ4n) is 7.98. The monoisotopic (exact) mass is 769 g/mol. The van der Waals surface area contributed by atoms with Crippen molar-refractivity contribution in [1.82, 2.24) is 10.2 Å². The SMILES string of the molecule is c1ccc(-c2nnc(-c3ccc(-c4ccccc4-c4ccccc4-c4ccc(N(c5ccccc5)c5ccc(-c6ccccc6-c6ccccc6)cc5)cc4)cc3)o2)cc1. The van der Waals surface area contributed by atoms with Crippen molar-refractivity contribution >= 4 is 17.1 Å². The molecule has 0 atom stereocenters. The lowest BCUT2D eigenvalue weighted by atomic mass is 9.89. The maximum absolute atomic E-state index is 6.05. The highest BCUT2D eigenvalue weighted by Gasteiger charge is 2.17. The molecule has 1 aromatic heterocycles. The topological polar surface area (TPSA) is 42.2 Å². The molecule has 0 unspecified atom stereocenters. The molecule has 0 N–H and O–H groups in total. The maximum Gasteiger partial charge on any atom is 0.248 e. The Bertz CT molecular complexity index is 3000. The fourth-order valence-corrected chi connectivity index (χ4v) is 7.98. The Morgan fingerprint density at radius 3 is 0.933 bits per heavy atom. The number of hydrogen-bond acceptors (Lipinski definition) is 4. The molecule has 4 nitrogen and oxygen atoms in total. The normalized spacial score (nSPS) is 11.0. The molecular weight excluding hydrogens is 731 g/mol. The number of benzene rings is 9. The van der Waals surface area contributed by atoms with Gasteiger partial charge in [0, 0.05) is 28.2 Å². The first kappa shape index (κ1) is 36.3. The van der Waals surface area contributed by atoms with Gasteiger partial charge in [-0.25, -0.2) is 0 Å². The molecule has 0 aliphatic carbocycles. The van der Waals surface area contributed by atoms with Crippen LogP contribution < -0.4 is 4.90 Å². The second-order valence-electron chi connectivity index (χ2n) is 14.6. The second-order valence-corrected chi connectivity index (χ2v) is 14.6. The minimum atomic E-state index is 0.495. The molecule has 9 aromatic carbocycles. The summed E-state index contributed by atoms with van der Waals surface area (Å²) in [7, 11) is 0. The van der Waals surface area contributed by atoms with Crippen molar-refractivity contribution in [2.75, 3.05) is 4.90 Å². The van der Waals surface area contributed by atoms with Gasteiger partial charge in [0.15, 0.2) is 0 Å². The van der Waals surface area contributed by atoms with Gasteiger partial charge in [0.05, 0.1) is 0 Å². The summed E-state index contributed by atoms with van der Waals surface area (Å²) >= 11 is 0. The molecule has 0 fully saturated rings. The van der Waals surface area contributed by atoms with Crippen LogP contribution in [0.15, 0.2) is 241 Å². The van der Waals surface area contributed by atoms with Gasteiger partial charge in [0.2, 0.25) is 11.8 Å². The summed E-state index contributed by atoms with van der Waals surface area (Å²) in [6, 6.07) is 83.1. The first-order valence-electron chi connectivity index (χ1n) is 20.2. The Kier molecular flexibility index (Phi) is 9.92. The van der Waals surface area contributed by atoms with Crippen LogP contribution in [-0.4, -0.2) is 10.2 Å². The van der Waals surface area contributed by atoms with E-state index in [-0.39, 0.29) is 0 Å². The molecule has 0 aliphatic heterocycles. The molecule has 10 rings (SSSR count). The molecule has 1 heterocycles. The van der Waals surface area contributed by atoms with Crippen LogP contribution in [0, 0.1) is 0 Å². The summed E-state index contributed by atoms with van der Waals surface area (Å²) in [5, 5.41) is 8.62. The average Bonchev–Trinajstić information content (AvgIpc) is 3.84. The van der Waals surface area contributed by atoms with E-state index in [4.69, 9.17) is 4.42 Å². The zero-order valence-corrected chi connectivity index (χ0v) is 32.8. The van der Waals surface area contributed by atoms with Crippen molar-refractivity contribution in [2.24, 2.45) is 0 Å². The van der Waals surface area contributed by atoms with Gasteiger partial charge in [0.25, 0.3) is 0 Å². The van der Waals surface area contributed by atoms with Crippen molar-refractivity contribution in [3.63, 3.8) is 0 Å². The smallest absolute Gasteiger partial charge is 0.248 e. The van der Waals surface area contributed by atoms with E-state index in [9.17, 15) is 0 Å². The molecule has 0 amide bonds. The van der Waals surface area contributed by atoms with Crippen LogP contribution in [0.1, 0.15) is 0 Å². The Labute approximate surface area is 350 Å². The lowest BCUT2D eigenvalue weighted by molar-refractivity contribution is 0.584. The van der Waals surface area contributed by atoms with E-state index >= 15 is 0 Å². The Morgan fingerprint density at radius 1 is 0.233 bits per heavy atom. The molecule has 4 heteroatoms. The number of hydrogen-bond donors (Lipinski definition) is 0. The van der Waals surface area contributed by atoms with E-state index in [2.05, 4.69) is 221 Å². The molecule has 0 saturated carbocycles. The minimum Gasteiger partial charge on any atom is -0.416 e. The first-order valence-corrected chi connectivity index (χ1v) is 20.2. The van der Waals surface area contributed by atoms with E-state index in [1.165, 1.54) is 33.4 Å².